The molecule has 1 aliphatic rings. The van der Waals surface area contributed by atoms with Crippen LogP contribution >= 0.6 is 11.3 Å². The average Bonchev–Trinajstić information content (AvgIpc) is 3.02. The summed E-state index contributed by atoms with van der Waals surface area (Å²) >= 11 is 1.52. The molecule has 1 aliphatic heterocycles. The molecule has 1 atom stereocenters. The fraction of sp³-hybridized carbons (Fsp3) is 0.389. The fourth-order valence-electron chi connectivity index (χ4n) is 3.01. The Hall–Kier alpha value is -1.76. The second-order valence-corrected chi connectivity index (χ2v) is 6.78. The van der Waals surface area contributed by atoms with Crippen LogP contribution in [0.3, 0.4) is 0 Å². The lowest BCUT2D eigenvalue weighted by molar-refractivity contribution is 0.0754. The highest BCUT2D eigenvalue weighted by Crippen LogP contribution is 2.19. The number of hydrogen-bond acceptors (Lipinski definition) is 4. The van der Waals surface area contributed by atoms with E-state index in [4.69, 9.17) is 0 Å². The molecule has 0 radical (unpaired) electrons. The molecule has 1 N–H and O–H groups in total. The van der Waals surface area contributed by atoms with Crippen molar-refractivity contribution in [3.8, 4) is 0 Å². The maximum Gasteiger partial charge on any atom is 0.254 e. The van der Waals surface area contributed by atoms with Crippen LogP contribution in [0, 0.1) is 5.82 Å². The molecular formula is C18H21FN2O2S. The molecule has 1 unspecified atom stereocenters. The van der Waals surface area contributed by atoms with Gasteiger partial charge in [0, 0.05) is 43.7 Å². The summed E-state index contributed by atoms with van der Waals surface area (Å²) in [5.41, 5.74) is 1.06. The Bertz CT molecular complexity index is 677. The van der Waals surface area contributed by atoms with Crippen LogP contribution < -0.4 is 0 Å². The molecule has 0 saturated carbocycles. The van der Waals surface area contributed by atoms with Gasteiger partial charge in [0.05, 0.1) is 11.7 Å². The Kier molecular flexibility index (Phi) is 5.60. The summed E-state index contributed by atoms with van der Waals surface area (Å²) in [6.45, 7) is 3.18. The number of rotatable bonds is 4. The van der Waals surface area contributed by atoms with Crippen LogP contribution in [0.1, 0.15) is 28.4 Å². The number of nitrogens with zero attached hydrogens (tertiary/aromatic N) is 2. The smallest absolute Gasteiger partial charge is 0.254 e. The molecule has 1 fully saturated rings. The molecular weight excluding hydrogens is 327 g/mol. The van der Waals surface area contributed by atoms with Gasteiger partial charge < -0.3 is 10.0 Å². The summed E-state index contributed by atoms with van der Waals surface area (Å²) in [6, 6.07) is 8.17. The van der Waals surface area contributed by atoms with Crippen LogP contribution in [0.4, 0.5) is 4.39 Å². The number of amides is 1. The molecule has 1 amide bonds. The zero-order valence-corrected chi connectivity index (χ0v) is 14.2. The number of thiophene rings is 1. The Balaban J connectivity index is 1.58. The molecule has 1 aromatic heterocycles. The Labute approximate surface area is 145 Å². The number of carbonyl (C=O) groups excluding carboxylic acids is 1. The van der Waals surface area contributed by atoms with Gasteiger partial charge in [0.1, 0.15) is 5.82 Å². The summed E-state index contributed by atoms with van der Waals surface area (Å²) in [7, 11) is 0. The third kappa shape index (κ3) is 4.01. The molecule has 128 valence electrons. The van der Waals surface area contributed by atoms with E-state index in [-0.39, 0.29) is 11.7 Å². The zero-order valence-electron chi connectivity index (χ0n) is 13.4. The first-order valence-electron chi connectivity index (χ1n) is 8.11. The van der Waals surface area contributed by atoms with Crippen LogP contribution in [0.2, 0.25) is 0 Å². The van der Waals surface area contributed by atoms with Crippen molar-refractivity contribution in [2.24, 2.45) is 0 Å². The van der Waals surface area contributed by atoms with Gasteiger partial charge in [-0.05, 0) is 23.9 Å². The van der Waals surface area contributed by atoms with E-state index in [1.807, 2.05) is 21.7 Å². The van der Waals surface area contributed by atoms with Gasteiger partial charge in [0.25, 0.3) is 5.91 Å². The molecule has 0 bridgehead atoms. The minimum Gasteiger partial charge on any atom is -0.387 e. The zero-order chi connectivity index (χ0) is 16.9. The minimum absolute atomic E-state index is 0.0627. The van der Waals surface area contributed by atoms with E-state index in [0.29, 0.717) is 31.7 Å². The van der Waals surface area contributed by atoms with Crippen molar-refractivity contribution in [2.75, 3.05) is 32.7 Å². The van der Waals surface area contributed by atoms with Crippen LogP contribution in [0.5, 0.6) is 0 Å². The predicted molar refractivity (Wildman–Crippen MR) is 92.6 cm³/mol. The fourth-order valence-corrected chi connectivity index (χ4v) is 3.64. The summed E-state index contributed by atoms with van der Waals surface area (Å²) < 4.78 is 13.8. The highest BCUT2D eigenvalue weighted by atomic mass is 32.1. The van der Waals surface area contributed by atoms with Gasteiger partial charge in [-0.1, -0.05) is 18.2 Å². The third-order valence-electron chi connectivity index (χ3n) is 4.34. The van der Waals surface area contributed by atoms with Crippen LogP contribution in [0.25, 0.3) is 0 Å². The number of halogens is 1. The maximum absolute atomic E-state index is 13.8. The topological polar surface area (TPSA) is 43.8 Å². The van der Waals surface area contributed by atoms with Crippen molar-refractivity contribution in [2.45, 2.75) is 12.5 Å². The van der Waals surface area contributed by atoms with Gasteiger partial charge in [-0.3, -0.25) is 9.69 Å². The molecule has 24 heavy (non-hydrogen) atoms. The largest absolute Gasteiger partial charge is 0.387 e. The van der Waals surface area contributed by atoms with Crippen molar-refractivity contribution in [3.63, 3.8) is 0 Å². The molecule has 1 aromatic carbocycles. The minimum atomic E-state index is -0.856. The molecule has 2 aromatic rings. The SMILES string of the molecule is O=C(c1ccsc1)N1CCCN(CC(O)c2ccccc2F)CC1. The molecule has 3 rings (SSSR count). The highest BCUT2D eigenvalue weighted by molar-refractivity contribution is 7.08. The Morgan fingerprint density at radius 1 is 1.21 bits per heavy atom. The van der Waals surface area contributed by atoms with Crippen LogP contribution in [0.15, 0.2) is 41.1 Å². The van der Waals surface area contributed by atoms with E-state index < -0.39 is 6.10 Å². The van der Waals surface area contributed by atoms with Crippen molar-refractivity contribution >= 4 is 17.2 Å². The Morgan fingerprint density at radius 3 is 2.79 bits per heavy atom. The normalized spacial score (nSPS) is 17.5. The first kappa shape index (κ1) is 17.1. The summed E-state index contributed by atoms with van der Waals surface area (Å²) in [4.78, 5) is 16.4. The predicted octanol–water partition coefficient (Wildman–Crippen LogP) is 2.77. The van der Waals surface area contributed by atoms with Gasteiger partial charge in [-0.25, -0.2) is 4.39 Å². The van der Waals surface area contributed by atoms with Crippen molar-refractivity contribution < 1.29 is 14.3 Å². The lowest BCUT2D eigenvalue weighted by atomic mass is 10.1. The summed E-state index contributed by atoms with van der Waals surface area (Å²) in [6.07, 6.45) is -0.00909. The van der Waals surface area contributed by atoms with Crippen molar-refractivity contribution in [3.05, 3.63) is 58.0 Å². The van der Waals surface area contributed by atoms with Gasteiger partial charge in [-0.2, -0.15) is 11.3 Å². The molecule has 6 heteroatoms. The van der Waals surface area contributed by atoms with Crippen molar-refractivity contribution in [1.29, 1.82) is 0 Å². The summed E-state index contributed by atoms with van der Waals surface area (Å²) in [5, 5.41) is 14.1. The highest BCUT2D eigenvalue weighted by Gasteiger charge is 2.22. The first-order chi connectivity index (χ1) is 11.6. The van der Waals surface area contributed by atoms with Gasteiger partial charge in [0.2, 0.25) is 0 Å². The first-order valence-corrected chi connectivity index (χ1v) is 9.06. The number of β-amino-alcohol motifs (C(OH)–C–C–N with tert-alkyl or cyclic N) is 1. The average molecular weight is 348 g/mol. The van der Waals surface area contributed by atoms with E-state index >= 15 is 0 Å². The molecule has 1 saturated heterocycles. The lowest BCUT2D eigenvalue weighted by Gasteiger charge is -2.24. The summed E-state index contributed by atoms with van der Waals surface area (Å²) in [5.74, 6) is -0.318. The van der Waals surface area contributed by atoms with Gasteiger partial charge in [0.15, 0.2) is 0 Å². The maximum atomic E-state index is 13.8. The van der Waals surface area contributed by atoms with E-state index in [1.54, 1.807) is 18.2 Å². The van der Waals surface area contributed by atoms with E-state index in [1.165, 1.54) is 17.4 Å². The van der Waals surface area contributed by atoms with Gasteiger partial charge >= 0.3 is 0 Å². The molecule has 0 aliphatic carbocycles. The molecule has 2 heterocycles. The third-order valence-corrected chi connectivity index (χ3v) is 5.02. The van der Waals surface area contributed by atoms with Crippen LogP contribution in [-0.4, -0.2) is 53.5 Å². The molecule has 0 spiro atoms. The van der Waals surface area contributed by atoms with E-state index in [9.17, 15) is 14.3 Å². The van der Waals surface area contributed by atoms with Crippen molar-refractivity contribution in [1.82, 2.24) is 9.80 Å². The van der Waals surface area contributed by atoms with E-state index in [0.717, 1.165) is 18.5 Å². The van der Waals surface area contributed by atoms with Gasteiger partial charge in [-0.15, -0.1) is 0 Å². The second-order valence-electron chi connectivity index (χ2n) is 6.00. The number of benzene rings is 1. The number of aliphatic hydroxyl groups excluding tert-OH is 1. The lowest BCUT2D eigenvalue weighted by Crippen LogP contribution is -2.36. The second kappa shape index (κ2) is 7.88. The number of hydrogen-bond donors (Lipinski definition) is 1. The monoisotopic (exact) mass is 348 g/mol. The quantitative estimate of drug-likeness (QED) is 0.924. The van der Waals surface area contributed by atoms with Crippen LogP contribution in [-0.2, 0) is 0 Å². The van der Waals surface area contributed by atoms with E-state index in [2.05, 4.69) is 4.90 Å². The Morgan fingerprint density at radius 2 is 2.04 bits per heavy atom. The number of aliphatic hydroxyl groups is 1. The number of carbonyl (C=O) groups is 1. The standard InChI is InChI=1S/C18H21FN2O2S/c19-16-5-2-1-4-15(16)17(22)12-20-7-3-8-21(10-9-20)18(23)14-6-11-24-13-14/h1-2,4-6,11,13,17,22H,3,7-10,12H2. The molecule has 4 nitrogen and oxygen atoms in total.